The number of methoxy groups -OCH3 is 1. The highest BCUT2D eigenvalue weighted by Crippen LogP contribution is 2.32. The van der Waals surface area contributed by atoms with Crippen molar-refractivity contribution in [3.63, 3.8) is 0 Å². The van der Waals surface area contributed by atoms with Crippen molar-refractivity contribution >= 4 is 17.5 Å². The number of anilines is 1. The van der Waals surface area contributed by atoms with Crippen molar-refractivity contribution in [3.05, 3.63) is 53.6 Å². The van der Waals surface area contributed by atoms with Crippen LogP contribution in [0.3, 0.4) is 0 Å². The molecule has 1 aromatic heterocycles. The zero-order chi connectivity index (χ0) is 16.4. The summed E-state index contributed by atoms with van der Waals surface area (Å²) in [7, 11) is 1.49. The molecule has 0 amide bonds. The molecule has 0 fully saturated rings. The summed E-state index contributed by atoms with van der Waals surface area (Å²) in [5.41, 5.74) is 8.82. The van der Waals surface area contributed by atoms with Crippen LogP contribution in [0.5, 0.6) is 11.5 Å². The van der Waals surface area contributed by atoms with E-state index in [-0.39, 0.29) is 11.7 Å². The van der Waals surface area contributed by atoms with Crippen LogP contribution in [0.15, 0.2) is 48.5 Å². The molecule has 0 atom stereocenters. The second-order valence-electron chi connectivity index (χ2n) is 4.89. The Morgan fingerprint density at radius 2 is 1.57 bits per heavy atom. The van der Waals surface area contributed by atoms with Crippen LogP contribution in [-0.4, -0.2) is 22.2 Å². The third-order valence-corrected chi connectivity index (χ3v) is 3.61. The molecule has 0 aliphatic heterocycles. The van der Waals surface area contributed by atoms with Crippen LogP contribution in [0.2, 0.25) is 5.02 Å². The molecular formula is C17H14ClN3O2. The Hall–Kier alpha value is -2.79. The highest BCUT2D eigenvalue weighted by Gasteiger charge is 2.10. The number of nitrogens with zero attached hydrogens (tertiary/aromatic N) is 2. The van der Waals surface area contributed by atoms with Crippen LogP contribution < -0.4 is 10.5 Å². The number of aromatic hydroxyl groups is 1. The molecule has 0 radical (unpaired) electrons. The number of phenolic OH excluding ortho intramolecular Hbond substituents is 1. The highest BCUT2D eigenvalue weighted by molar-refractivity contribution is 6.30. The molecule has 3 aromatic rings. The van der Waals surface area contributed by atoms with Gasteiger partial charge in [0.2, 0.25) is 5.95 Å². The number of phenols is 1. The van der Waals surface area contributed by atoms with Crippen LogP contribution in [0.4, 0.5) is 5.95 Å². The van der Waals surface area contributed by atoms with Gasteiger partial charge >= 0.3 is 0 Å². The van der Waals surface area contributed by atoms with Gasteiger partial charge in [0, 0.05) is 16.1 Å². The minimum absolute atomic E-state index is 0.0659. The summed E-state index contributed by atoms with van der Waals surface area (Å²) in [4.78, 5) is 8.52. The van der Waals surface area contributed by atoms with Crippen LogP contribution in [-0.2, 0) is 0 Å². The van der Waals surface area contributed by atoms with E-state index in [9.17, 15) is 5.11 Å². The average molecular weight is 328 g/mol. The SMILES string of the molecule is COc1cc(-c2cc(-c3ccc(Cl)cc3)nc(N)n2)ccc1O. The fourth-order valence-electron chi connectivity index (χ4n) is 2.22. The fourth-order valence-corrected chi connectivity index (χ4v) is 2.35. The van der Waals surface area contributed by atoms with Crippen LogP contribution in [0, 0.1) is 0 Å². The smallest absolute Gasteiger partial charge is 0.221 e. The third kappa shape index (κ3) is 3.19. The van der Waals surface area contributed by atoms with E-state index < -0.39 is 0 Å². The first kappa shape index (κ1) is 15.1. The van der Waals surface area contributed by atoms with Gasteiger partial charge in [0.15, 0.2) is 11.5 Å². The van der Waals surface area contributed by atoms with Crippen molar-refractivity contribution < 1.29 is 9.84 Å². The Balaban J connectivity index is 2.09. The predicted octanol–water partition coefficient (Wildman–Crippen LogP) is 3.76. The number of nitrogen functional groups attached to an aromatic ring is 1. The Kier molecular flexibility index (Phi) is 4.04. The molecule has 5 nitrogen and oxygen atoms in total. The summed E-state index contributed by atoms with van der Waals surface area (Å²) in [6.45, 7) is 0. The lowest BCUT2D eigenvalue weighted by molar-refractivity contribution is 0.373. The second-order valence-corrected chi connectivity index (χ2v) is 5.33. The predicted molar refractivity (Wildman–Crippen MR) is 90.5 cm³/mol. The Morgan fingerprint density at radius 3 is 2.22 bits per heavy atom. The van der Waals surface area contributed by atoms with E-state index in [1.165, 1.54) is 7.11 Å². The molecule has 23 heavy (non-hydrogen) atoms. The van der Waals surface area contributed by atoms with E-state index in [0.29, 0.717) is 22.2 Å². The van der Waals surface area contributed by atoms with Crippen molar-refractivity contribution in [2.45, 2.75) is 0 Å². The quantitative estimate of drug-likeness (QED) is 0.765. The van der Waals surface area contributed by atoms with Crippen molar-refractivity contribution in [3.8, 4) is 34.0 Å². The zero-order valence-corrected chi connectivity index (χ0v) is 13.1. The molecule has 116 valence electrons. The fraction of sp³-hybridized carbons (Fsp3) is 0.0588. The molecule has 0 saturated heterocycles. The van der Waals surface area contributed by atoms with Gasteiger partial charge in [-0.05, 0) is 36.4 Å². The molecular weight excluding hydrogens is 314 g/mol. The Morgan fingerprint density at radius 1 is 0.957 bits per heavy atom. The van der Waals surface area contributed by atoms with Gasteiger partial charge in [-0.3, -0.25) is 0 Å². The lowest BCUT2D eigenvalue weighted by Crippen LogP contribution is -1.98. The summed E-state index contributed by atoms with van der Waals surface area (Å²) in [5, 5.41) is 10.4. The van der Waals surface area contributed by atoms with Crippen LogP contribution in [0.1, 0.15) is 0 Å². The summed E-state index contributed by atoms with van der Waals surface area (Å²) in [6.07, 6.45) is 0. The molecule has 0 unspecified atom stereocenters. The van der Waals surface area contributed by atoms with Crippen molar-refractivity contribution in [1.29, 1.82) is 0 Å². The first-order chi connectivity index (χ1) is 11.1. The summed E-state index contributed by atoms with van der Waals surface area (Å²) in [5.74, 6) is 0.600. The van der Waals surface area contributed by atoms with Crippen LogP contribution >= 0.6 is 11.6 Å². The molecule has 0 bridgehead atoms. The van der Waals surface area contributed by atoms with Gasteiger partial charge in [-0.2, -0.15) is 0 Å². The zero-order valence-electron chi connectivity index (χ0n) is 12.3. The van der Waals surface area contributed by atoms with E-state index in [1.807, 2.05) is 18.2 Å². The molecule has 3 N–H and O–H groups in total. The van der Waals surface area contributed by atoms with Gasteiger partial charge in [-0.25, -0.2) is 9.97 Å². The number of nitrogens with two attached hydrogens (primary N) is 1. The number of rotatable bonds is 3. The molecule has 2 aromatic carbocycles. The molecule has 0 aliphatic rings. The maximum atomic E-state index is 9.70. The van der Waals surface area contributed by atoms with E-state index >= 15 is 0 Å². The molecule has 0 spiro atoms. The minimum atomic E-state index is 0.0659. The van der Waals surface area contributed by atoms with E-state index in [4.69, 9.17) is 22.1 Å². The number of benzene rings is 2. The highest BCUT2D eigenvalue weighted by atomic mass is 35.5. The van der Waals surface area contributed by atoms with Gasteiger partial charge in [0.05, 0.1) is 18.5 Å². The Bertz CT molecular complexity index is 851. The lowest BCUT2D eigenvalue weighted by Gasteiger charge is -2.09. The Labute approximate surface area is 138 Å². The van der Waals surface area contributed by atoms with Gasteiger partial charge in [0.25, 0.3) is 0 Å². The van der Waals surface area contributed by atoms with Gasteiger partial charge in [-0.15, -0.1) is 0 Å². The molecule has 0 saturated carbocycles. The average Bonchev–Trinajstić information content (AvgIpc) is 2.55. The summed E-state index contributed by atoms with van der Waals surface area (Å²) >= 11 is 5.91. The number of hydrogen-bond acceptors (Lipinski definition) is 5. The van der Waals surface area contributed by atoms with Gasteiger partial charge in [0.1, 0.15) is 0 Å². The molecule has 0 aliphatic carbocycles. The second kappa shape index (κ2) is 6.14. The number of hydrogen-bond donors (Lipinski definition) is 2. The van der Waals surface area contributed by atoms with E-state index in [1.54, 1.807) is 30.3 Å². The topological polar surface area (TPSA) is 81.3 Å². The maximum absolute atomic E-state index is 9.70. The summed E-state index contributed by atoms with van der Waals surface area (Å²) in [6, 6.07) is 14.1. The molecule has 6 heteroatoms. The standard InChI is InChI=1S/C17H14ClN3O2/c1-23-16-8-11(4-7-15(16)22)14-9-13(20-17(19)21-14)10-2-5-12(18)6-3-10/h2-9,22H,1H3,(H2,19,20,21). The summed E-state index contributed by atoms with van der Waals surface area (Å²) < 4.78 is 5.13. The largest absolute Gasteiger partial charge is 0.504 e. The van der Waals surface area contributed by atoms with Gasteiger partial charge in [-0.1, -0.05) is 23.7 Å². The van der Waals surface area contributed by atoms with Crippen molar-refractivity contribution in [2.24, 2.45) is 0 Å². The third-order valence-electron chi connectivity index (χ3n) is 3.36. The number of ether oxygens (including phenoxy) is 1. The van der Waals surface area contributed by atoms with Crippen molar-refractivity contribution in [2.75, 3.05) is 12.8 Å². The van der Waals surface area contributed by atoms with E-state index in [0.717, 1.165) is 11.1 Å². The normalized spacial score (nSPS) is 10.5. The van der Waals surface area contributed by atoms with E-state index in [2.05, 4.69) is 9.97 Å². The van der Waals surface area contributed by atoms with Crippen LogP contribution in [0.25, 0.3) is 22.5 Å². The monoisotopic (exact) mass is 327 g/mol. The number of halogens is 1. The first-order valence-electron chi connectivity index (χ1n) is 6.84. The molecule has 1 heterocycles. The lowest BCUT2D eigenvalue weighted by atomic mass is 10.1. The van der Waals surface area contributed by atoms with Gasteiger partial charge < -0.3 is 15.6 Å². The molecule has 3 rings (SSSR count). The maximum Gasteiger partial charge on any atom is 0.221 e. The van der Waals surface area contributed by atoms with Crippen molar-refractivity contribution in [1.82, 2.24) is 9.97 Å². The first-order valence-corrected chi connectivity index (χ1v) is 7.22. The number of aromatic nitrogens is 2. The minimum Gasteiger partial charge on any atom is -0.504 e.